The van der Waals surface area contributed by atoms with E-state index in [1.54, 1.807) is 11.3 Å². The van der Waals surface area contributed by atoms with Crippen LogP contribution in [0.3, 0.4) is 0 Å². The summed E-state index contributed by atoms with van der Waals surface area (Å²) in [6.07, 6.45) is 1.09. The van der Waals surface area contributed by atoms with Crippen molar-refractivity contribution in [1.29, 1.82) is 0 Å². The first-order valence-electron chi connectivity index (χ1n) is 6.39. The predicted octanol–water partition coefficient (Wildman–Crippen LogP) is 3.06. The van der Waals surface area contributed by atoms with Gasteiger partial charge in [-0.05, 0) is 49.4 Å². The van der Waals surface area contributed by atoms with Gasteiger partial charge in [0.1, 0.15) is 0 Å². The summed E-state index contributed by atoms with van der Waals surface area (Å²) in [5.41, 5.74) is 0. The van der Waals surface area contributed by atoms with Gasteiger partial charge >= 0.3 is 0 Å². The van der Waals surface area contributed by atoms with Crippen LogP contribution in [-0.2, 0) is 0 Å². The molecule has 0 spiro atoms. The van der Waals surface area contributed by atoms with Crippen molar-refractivity contribution < 1.29 is 0 Å². The minimum absolute atomic E-state index is 0.0911. The van der Waals surface area contributed by atoms with Crippen molar-refractivity contribution in [1.82, 2.24) is 25.5 Å². The number of hydrogen-bond donors (Lipinski definition) is 1. The number of aromatic nitrogens is 4. The fourth-order valence-corrected chi connectivity index (χ4v) is 2.98. The fraction of sp³-hybridized carbons (Fsp3) is 0.583. The molecule has 0 saturated heterocycles. The Hall–Kier alpha value is -0.980. The van der Waals surface area contributed by atoms with E-state index in [9.17, 15) is 0 Å². The Morgan fingerprint density at radius 2 is 2.21 bits per heavy atom. The van der Waals surface area contributed by atoms with E-state index in [2.05, 4.69) is 41.6 Å². The van der Waals surface area contributed by atoms with Gasteiger partial charge in [-0.15, -0.1) is 16.4 Å². The minimum atomic E-state index is 0.0911. The first kappa shape index (κ1) is 14.4. The second-order valence-electron chi connectivity index (χ2n) is 4.48. The van der Waals surface area contributed by atoms with Gasteiger partial charge in [0.15, 0.2) is 5.82 Å². The van der Waals surface area contributed by atoms with Crippen LogP contribution in [0.25, 0.3) is 0 Å². The van der Waals surface area contributed by atoms with Crippen molar-refractivity contribution in [2.45, 2.75) is 39.3 Å². The summed E-state index contributed by atoms with van der Waals surface area (Å²) in [6, 6.07) is 4.15. The summed E-state index contributed by atoms with van der Waals surface area (Å²) >= 11 is 7.54. The van der Waals surface area contributed by atoms with Crippen LogP contribution >= 0.6 is 22.9 Å². The van der Waals surface area contributed by atoms with Crippen molar-refractivity contribution in [2.24, 2.45) is 0 Å². The van der Waals surface area contributed by atoms with Crippen LogP contribution in [0, 0.1) is 0 Å². The Labute approximate surface area is 122 Å². The maximum absolute atomic E-state index is 5.98. The van der Waals surface area contributed by atoms with E-state index in [1.165, 1.54) is 0 Å². The molecule has 2 atom stereocenters. The molecule has 5 nitrogen and oxygen atoms in total. The molecule has 2 aromatic rings. The lowest BCUT2D eigenvalue weighted by atomic mass is 10.2. The fourth-order valence-electron chi connectivity index (χ4n) is 1.89. The number of nitrogens with zero attached hydrogens (tertiary/aromatic N) is 4. The summed E-state index contributed by atoms with van der Waals surface area (Å²) in [5.74, 6) is 0.852. The van der Waals surface area contributed by atoms with E-state index in [1.807, 2.05) is 16.8 Å². The summed E-state index contributed by atoms with van der Waals surface area (Å²) < 4.78 is 2.64. The lowest BCUT2D eigenvalue weighted by Gasteiger charge is -2.16. The molecule has 1 N–H and O–H groups in total. The zero-order chi connectivity index (χ0) is 13.8. The van der Waals surface area contributed by atoms with Gasteiger partial charge in [0, 0.05) is 4.88 Å². The molecule has 7 heteroatoms. The number of halogens is 1. The molecule has 104 valence electrons. The highest BCUT2D eigenvalue weighted by Gasteiger charge is 2.20. The molecule has 2 rings (SSSR count). The third-order valence-electron chi connectivity index (χ3n) is 2.98. The molecule has 0 aromatic carbocycles. The molecule has 0 saturated carbocycles. The summed E-state index contributed by atoms with van der Waals surface area (Å²) in [5, 5.41) is 15.4. The Bertz CT molecular complexity index is 524. The number of tetrazole rings is 1. The molecule has 0 radical (unpaired) electrons. The van der Waals surface area contributed by atoms with Gasteiger partial charge in [-0.1, -0.05) is 18.5 Å². The lowest BCUT2D eigenvalue weighted by Crippen LogP contribution is -2.24. The largest absolute Gasteiger partial charge is 0.307 e. The predicted molar refractivity (Wildman–Crippen MR) is 77.7 cm³/mol. The average Bonchev–Trinajstić information content (AvgIpc) is 3.03. The monoisotopic (exact) mass is 299 g/mol. The van der Waals surface area contributed by atoms with Gasteiger partial charge in [0.2, 0.25) is 0 Å². The molecule has 0 aliphatic carbocycles. The molecule has 2 unspecified atom stereocenters. The summed E-state index contributed by atoms with van der Waals surface area (Å²) in [6.45, 7) is 7.24. The first-order valence-corrected chi connectivity index (χ1v) is 7.59. The van der Waals surface area contributed by atoms with Crippen molar-refractivity contribution in [3.05, 3.63) is 27.2 Å². The number of thiophene rings is 1. The molecule has 2 aromatic heterocycles. The van der Waals surface area contributed by atoms with E-state index in [-0.39, 0.29) is 12.1 Å². The molecule has 0 aliphatic heterocycles. The molecular weight excluding hydrogens is 282 g/mol. The van der Waals surface area contributed by atoms with E-state index in [4.69, 9.17) is 11.6 Å². The third kappa shape index (κ3) is 3.32. The van der Waals surface area contributed by atoms with Gasteiger partial charge in [0.05, 0.1) is 16.4 Å². The van der Waals surface area contributed by atoms with Gasteiger partial charge in [0.25, 0.3) is 0 Å². The first-order chi connectivity index (χ1) is 9.13. The molecular formula is C12H18ClN5S. The van der Waals surface area contributed by atoms with Crippen LogP contribution in [0.2, 0.25) is 4.34 Å². The average molecular weight is 300 g/mol. The quantitative estimate of drug-likeness (QED) is 0.890. The molecule has 0 fully saturated rings. The lowest BCUT2D eigenvalue weighted by molar-refractivity contribution is 0.468. The Morgan fingerprint density at radius 3 is 2.84 bits per heavy atom. The normalized spacial score (nSPS) is 14.5. The minimum Gasteiger partial charge on any atom is -0.307 e. The van der Waals surface area contributed by atoms with Crippen LogP contribution < -0.4 is 5.32 Å². The molecule has 0 aliphatic rings. The maximum atomic E-state index is 5.98. The van der Waals surface area contributed by atoms with Crippen LogP contribution in [0.4, 0.5) is 0 Å². The number of hydrogen-bond acceptors (Lipinski definition) is 5. The van der Waals surface area contributed by atoms with E-state index in [0.717, 1.165) is 28.0 Å². The Kier molecular flexibility index (Phi) is 4.90. The zero-order valence-corrected chi connectivity index (χ0v) is 12.9. The van der Waals surface area contributed by atoms with Crippen LogP contribution in [0.15, 0.2) is 12.1 Å². The zero-order valence-electron chi connectivity index (χ0n) is 11.3. The number of nitrogens with one attached hydrogen (secondary N) is 1. The highest BCUT2D eigenvalue weighted by molar-refractivity contribution is 7.16. The van der Waals surface area contributed by atoms with Crippen molar-refractivity contribution in [3.63, 3.8) is 0 Å². The molecule has 0 bridgehead atoms. The second kappa shape index (κ2) is 6.45. The van der Waals surface area contributed by atoms with E-state index >= 15 is 0 Å². The Morgan fingerprint density at radius 1 is 1.42 bits per heavy atom. The molecule has 19 heavy (non-hydrogen) atoms. The molecule has 2 heterocycles. The second-order valence-corrected chi connectivity index (χ2v) is 6.22. The van der Waals surface area contributed by atoms with Gasteiger partial charge in [-0.2, -0.15) is 0 Å². The SMILES string of the molecule is CCCNC(C)c1nnnn1C(C)c1ccc(Cl)s1. The van der Waals surface area contributed by atoms with Gasteiger partial charge in [-0.3, -0.25) is 0 Å². The summed E-state index contributed by atoms with van der Waals surface area (Å²) in [7, 11) is 0. The van der Waals surface area contributed by atoms with E-state index in [0.29, 0.717) is 0 Å². The van der Waals surface area contributed by atoms with Crippen molar-refractivity contribution in [2.75, 3.05) is 6.54 Å². The number of rotatable bonds is 6. The van der Waals surface area contributed by atoms with Crippen molar-refractivity contribution >= 4 is 22.9 Å². The van der Waals surface area contributed by atoms with Gasteiger partial charge in [-0.25, -0.2) is 4.68 Å². The maximum Gasteiger partial charge on any atom is 0.168 e. The highest BCUT2D eigenvalue weighted by Crippen LogP contribution is 2.29. The van der Waals surface area contributed by atoms with Crippen LogP contribution in [0.5, 0.6) is 0 Å². The standard InChI is InChI=1S/C12H18ClN5S/c1-4-7-14-8(2)12-15-16-17-18(12)9(3)10-5-6-11(13)19-10/h5-6,8-9,14H,4,7H2,1-3H3. The van der Waals surface area contributed by atoms with Gasteiger partial charge < -0.3 is 5.32 Å². The highest BCUT2D eigenvalue weighted by atomic mass is 35.5. The topological polar surface area (TPSA) is 55.6 Å². The van der Waals surface area contributed by atoms with Crippen LogP contribution in [0.1, 0.15) is 50.0 Å². The summed E-state index contributed by atoms with van der Waals surface area (Å²) in [4.78, 5) is 1.15. The van der Waals surface area contributed by atoms with Crippen LogP contribution in [-0.4, -0.2) is 26.8 Å². The smallest absolute Gasteiger partial charge is 0.168 e. The Balaban J connectivity index is 2.19. The molecule has 0 amide bonds. The van der Waals surface area contributed by atoms with E-state index < -0.39 is 0 Å². The van der Waals surface area contributed by atoms with Crippen molar-refractivity contribution in [3.8, 4) is 0 Å². The third-order valence-corrected chi connectivity index (χ3v) is 4.38.